The van der Waals surface area contributed by atoms with Crippen molar-refractivity contribution >= 4 is 17.2 Å². The van der Waals surface area contributed by atoms with E-state index in [1.54, 1.807) is 11.3 Å². The van der Waals surface area contributed by atoms with E-state index in [1.165, 1.54) is 25.7 Å². The maximum Gasteiger partial charge on any atom is 0.227 e. The van der Waals surface area contributed by atoms with Crippen molar-refractivity contribution in [3.8, 4) is 10.7 Å². The molecule has 29 heavy (non-hydrogen) atoms. The Morgan fingerprint density at radius 1 is 1.21 bits per heavy atom. The number of aromatic nitrogens is 2. The van der Waals surface area contributed by atoms with Gasteiger partial charge in [0.15, 0.2) is 0 Å². The van der Waals surface area contributed by atoms with Crippen molar-refractivity contribution in [2.75, 3.05) is 32.7 Å². The summed E-state index contributed by atoms with van der Waals surface area (Å²) in [5.74, 6) is 4.25. The summed E-state index contributed by atoms with van der Waals surface area (Å²) in [5.41, 5.74) is 0. The number of aryl methyl sites for hydroxylation is 1. The van der Waals surface area contributed by atoms with Crippen LogP contribution in [-0.4, -0.2) is 58.6 Å². The SMILES string of the molecule is O=C(CC1CC2CCC1C2)N1CCN(CCCc2nc(-c3cccs3)no2)CC1. The van der Waals surface area contributed by atoms with E-state index in [0.29, 0.717) is 23.5 Å². The summed E-state index contributed by atoms with van der Waals surface area (Å²) >= 11 is 1.63. The van der Waals surface area contributed by atoms with Crippen LogP contribution in [0, 0.1) is 17.8 Å². The highest BCUT2D eigenvalue weighted by atomic mass is 32.1. The standard InChI is InChI=1S/C22H30N4O2S/c27-21(15-18-14-16-5-6-17(18)13-16)26-10-8-25(9-11-26)7-1-4-20-23-22(24-28-20)19-3-2-12-29-19/h2-3,12,16-18H,1,4-11,13-15H2. The van der Waals surface area contributed by atoms with Gasteiger partial charge in [-0.05, 0) is 61.4 Å². The van der Waals surface area contributed by atoms with Crippen molar-refractivity contribution in [2.24, 2.45) is 17.8 Å². The molecule has 5 rings (SSSR count). The zero-order valence-corrected chi connectivity index (χ0v) is 17.8. The van der Waals surface area contributed by atoms with Crippen molar-refractivity contribution in [1.82, 2.24) is 19.9 Å². The molecular weight excluding hydrogens is 384 g/mol. The number of piperazine rings is 1. The lowest BCUT2D eigenvalue weighted by molar-refractivity contribution is -0.134. The number of hydrogen-bond donors (Lipinski definition) is 0. The average Bonchev–Trinajstić information content (AvgIpc) is 3.52. The van der Waals surface area contributed by atoms with Gasteiger partial charge in [0.25, 0.3) is 0 Å². The molecule has 2 aromatic heterocycles. The minimum absolute atomic E-state index is 0.397. The second-order valence-electron chi connectivity index (χ2n) is 8.95. The van der Waals surface area contributed by atoms with Gasteiger partial charge in [0.2, 0.25) is 17.6 Å². The minimum atomic E-state index is 0.397. The van der Waals surface area contributed by atoms with Crippen molar-refractivity contribution in [1.29, 1.82) is 0 Å². The number of thiophene rings is 1. The first-order valence-corrected chi connectivity index (χ1v) is 12.0. The van der Waals surface area contributed by atoms with Gasteiger partial charge in [-0.3, -0.25) is 9.69 Å². The molecule has 3 aliphatic rings. The van der Waals surface area contributed by atoms with Crippen molar-refractivity contribution < 1.29 is 9.32 Å². The molecule has 2 aliphatic carbocycles. The molecule has 156 valence electrons. The summed E-state index contributed by atoms with van der Waals surface area (Å²) in [6, 6.07) is 4.01. The van der Waals surface area contributed by atoms with E-state index in [4.69, 9.17) is 4.52 Å². The van der Waals surface area contributed by atoms with Crippen LogP contribution in [0.1, 0.15) is 44.4 Å². The Bertz CT molecular complexity index is 813. The van der Waals surface area contributed by atoms with Crippen molar-refractivity contribution in [3.05, 3.63) is 23.4 Å². The van der Waals surface area contributed by atoms with Crippen LogP contribution >= 0.6 is 11.3 Å². The zero-order chi connectivity index (χ0) is 19.6. The fourth-order valence-corrected chi connectivity index (χ4v) is 6.17. The van der Waals surface area contributed by atoms with E-state index in [0.717, 1.165) is 68.7 Å². The summed E-state index contributed by atoms with van der Waals surface area (Å²) in [6.07, 6.45) is 8.08. The summed E-state index contributed by atoms with van der Waals surface area (Å²) in [5, 5.41) is 6.10. The molecule has 0 aromatic carbocycles. The van der Waals surface area contributed by atoms with Crippen molar-refractivity contribution in [2.45, 2.75) is 44.9 Å². The van der Waals surface area contributed by atoms with Crippen LogP contribution in [0.5, 0.6) is 0 Å². The number of amides is 1. The average molecular weight is 415 g/mol. The highest BCUT2D eigenvalue weighted by molar-refractivity contribution is 7.13. The molecule has 3 atom stereocenters. The lowest BCUT2D eigenvalue weighted by Crippen LogP contribution is -2.49. The number of fused-ring (bicyclic) bond motifs is 2. The number of carbonyl (C=O) groups is 1. The highest BCUT2D eigenvalue weighted by Gasteiger charge is 2.40. The molecule has 0 spiro atoms. The monoisotopic (exact) mass is 414 g/mol. The third-order valence-corrected chi connectivity index (χ3v) is 7.99. The Hall–Kier alpha value is -1.73. The van der Waals surface area contributed by atoms with E-state index >= 15 is 0 Å². The maximum absolute atomic E-state index is 12.7. The lowest BCUT2D eigenvalue weighted by Gasteiger charge is -2.35. The summed E-state index contributed by atoms with van der Waals surface area (Å²) in [6.45, 7) is 4.73. The summed E-state index contributed by atoms with van der Waals surface area (Å²) in [7, 11) is 0. The van der Waals surface area contributed by atoms with E-state index in [9.17, 15) is 4.79 Å². The van der Waals surface area contributed by atoms with Gasteiger partial charge in [0, 0.05) is 39.0 Å². The van der Waals surface area contributed by atoms with E-state index in [-0.39, 0.29) is 0 Å². The van der Waals surface area contributed by atoms with Gasteiger partial charge in [0.05, 0.1) is 4.88 Å². The van der Waals surface area contributed by atoms with Gasteiger partial charge in [0.1, 0.15) is 0 Å². The maximum atomic E-state index is 12.7. The van der Waals surface area contributed by atoms with Crippen LogP contribution in [0.3, 0.4) is 0 Å². The first-order chi connectivity index (χ1) is 14.2. The molecule has 1 aliphatic heterocycles. The van der Waals surface area contributed by atoms with Crippen LogP contribution in [0.15, 0.2) is 22.0 Å². The molecule has 1 saturated heterocycles. The van der Waals surface area contributed by atoms with Crippen LogP contribution in [0.4, 0.5) is 0 Å². The molecule has 6 nitrogen and oxygen atoms in total. The molecule has 3 unspecified atom stereocenters. The van der Waals surface area contributed by atoms with Gasteiger partial charge in [-0.2, -0.15) is 4.98 Å². The molecule has 0 N–H and O–H groups in total. The quantitative estimate of drug-likeness (QED) is 0.691. The van der Waals surface area contributed by atoms with Crippen LogP contribution < -0.4 is 0 Å². The number of rotatable bonds is 7. The lowest BCUT2D eigenvalue weighted by atomic mass is 9.86. The Kier molecular flexibility index (Phi) is 5.68. The Labute approximate surface area is 176 Å². The Morgan fingerprint density at radius 2 is 2.10 bits per heavy atom. The highest BCUT2D eigenvalue weighted by Crippen LogP contribution is 2.49. The van der Waals surface area contributed by atoms with Gasteiger partial charge in [-0.15, -0.1) is 11.3 Å². The van der Waals surface area contributed by atoms with Crippen LogP contribution in [0.25, 0.3) is 10.7 Å². The molecular formula is C22H30N4O2S. The third kappa shape index (κ3) is 4.40. The molecule has 2 bridgehead atoms. The predicted octanol–water partition coefficient (Wildman–Crippen LogP) is 3.70. The van der Waals surface area contributed by atoms with E-state index in [1.807, 2.05) is 17.5 Å². The Balaban J connectivity index is 1.01. The second kappa shape index (κ2) is 8.56. The molecule has 2 aromatic rings. The topological polar surface area (TPSA) is 62.5 Å². The number of nitrogens with zero attached hydrogens (tertiary/aromatic N) is 4. The predicted molar refractivity (Wildman–Crippen MR) is 113 cm³/mol. The molecule has 3 heterocycles. The first-order valence-electron chi connectivity index (χ1n) is 11.1. The number of carbonyl (C=O) groups excluding carboxylic acids is 1. The van der Waals surface area contributed by atoms with Crippen LogP contribution in [-0.2, 0) is 11.2 Å². The largest absolute Gasteiger partial charge is 0.340 e. The van der Waals surface area contributed by atoms with Gasteiger partial charge in [-0.1, -0.05) is 17.6 Å². The smallest absolute Gasteiger partial charge is 0.227 e. The van der Waals surface area contributed by atoms with Gasteiger partial charge < -0.3 is 9.42 Å². The fraction of sp³-hybridized carbons (Fsp3) is 0.682. The Morgan fingerprint density at radius 3 is 2.83 bits per heavy atom. The number of hydrogen-bond acceptors (Lipinski definition) is 6. The van der Waals surface area contributed by atoms with Crippen LogP contribution in [0.2, 0.25) is 0 Å². The van der Waals surface area contributed by atoms with Gasteiger partial charge in [-0.25, -0.2) is 0 Å². The zero-order valence-electron chi connectivity index (χ0n) is 17.0. The summed E-state index contributed by atoms with van der Waals surface area (Å²) in [4.78, 5) is 22.8. The molecule has 7 heteroatoms. The molecule has 2 saturated carbocycles. The fourth-order valence-electron chi connectivity index (χ4n) is 5.52. The van der Waals surface area contributed by atoms with Gasteiger partial charge >= 0.3 is 0 Å². The van der Waals surface area contributed by atoms with Crippen molar-refractivity contribution in [3.63, 3.8) is 0 Å². The minimum Gasteiger partial charge on any atom is -0.340 e. The van der Waals surface area contributed by atoms with E-state index in [2.05, 4.69) is 19.9 Å². The first kappa shape index (κ1) is 19.2. The summed E-state index contributed by atoms with van der Waals surface area (Å²) < 4.78 is 5.38. The second-order valence-corrected chi connectivity index (χ2v) is 9.90. The molecule has 0 radical (unpaired) electrons. The normalized spacial score (nSPS) is 27.0. The van der Waals surface area contributed by atoms with E-state index < -0.39 is 0 Å². The molecule has 1 amide bonds. The molecule has 3 fully saturated rings. The third-order valence-electron chi connectivity index (χ3n) is 7.12.